The zero-order chi connectivity index (χ0) is 14.3. The quantitative estimate of drug-likeness (QED) is 0.431. The number of hydrogen-bond donors (Lipinski definition) is 2. The molecular weight excluding hydrogens is 262 g/mol. The van der Waals surface area contributed by atoms with E-state index in [9.17, 15) is 9.59 Å². The van der Waals surface area contributed by atoms with Crippen molar-refractivity contribution < 1.29 is 9.59 Å². The van der Waals surface area contributed by atoms with Gasteiger partial charge in [0.05, 0.1) is 18.1 Å². The molecule has 1 fully saturated rings. The molecule has 0 aromatic carbocycles. The number of aryl methyl sites for hydroxylation is 1. The van der Waals surface area contributed by atoms with Gasteiger partial charge in [-0.15, -0.1) is 0 Å². The smallest absolute Gasteiger partial charge is 0.230 e. The van der Waals surface area contributed by atoms with E-state index in [0.717, 1.165) is 4.90 Å². The van der Waals surface area contributed by atoms with Crippen LogP contribution in [0.4, 0.5) is 5.82 Å². The summed E-state index contributed by atoms with van der Waals surface area (Å²) < 4.78 is 1.58. The molecule has 9 nitrogen and oxygen atoms in total. The molecule has 9 heteroatoms. The Balaban J connectivity index is 2.01. The number of anilines is 1. The number of nitrogens with zero attached hydrogens (tertiary/aromatic N) is 5. The Hall–Kier alpha value is -2.55. The number of nitrogens with one attached hydrogen (secondary N) is 1. The van der Waals surface area contributed by atoms with Crippen LogP contribution in [0.2, 0.25) is 0 Å². The fraction of sp³-hybridized carbons (Fsp3) is 0.364. The van der Waals surface area contributed by atoms with E-state index in [4.69, 9.17) is 5.84 Å². The Labute approximate surface area is 113 Å². The van der Waals surface area contributed by atoms with Gasteiger partial charge < -0.3 is 5.43 Å². The molecule has 0 saturated carbocycles. The predicted octanol–water partition coefficient (Wildman–Crippen LogP) is -0.702. The van der Waals surface area contributed by atoms with Crippen molar-refractivity contribution >= 4 is 28.7 Å². The largest absolute Gasteiger partial charge is 0.308 e. The number of carbonyl (C=O) groups is 2. The second-order valence-electron chi connectivity index (χ2n) is 4.51. The van der Waals surface area contributed by atoms with Gasteiger partial charge in [0.25, 0.3) is 0 Å². The minimum Gasteiger partial charge on any atom is -0.308 e. The molecule has 1 aliphatic rings. The Morgan fingerprint density at radius 1 is 1.30 bits per heavy atom. The van der Waals surface area contributed by atoms with E-state index < -0.39 is 0 Å². The van der Waals surface area contributed by atoms with Crippen molar-refractivity contribution in [3.05, 3.63) is 12.0 Å². The van der Waals surface area contributed by atoms with Crippen molar-refractivity contribution in [3.8, 4) is 0 Å². The lowest BCUT2D eigenvalue weighted by Crippen LogP contribution is -2.29. The van der Waals surface area contributed by atoms with Crippen molar-refractivity contribution in [3.63, 3.8) is 0 Å². The lowest BCUT2D eigenvalue weighted by atomic mass is 10.3. The summed E-state index contributed by atoms with van der Waals surface area (Å²) in [4.78, 5) is 32.9. The molecule has 2 aromatic heterocycles. The van der Waals surface area contributed by atoms with Gasteiger partial charge in [0, 0.05) is 19.9 Å². The first kappa shape index (κ1) is 12.5. The van der Waals surface area contributed by atoms with Crippen LogP contribution >= 0.6 is 0 Å². The third kappa shape index (κ3) is 1.88. The third-order valence-corrected chi connectivity index (χ3v) is 3.23. The average Bonchev–Trinajstić information content (AvgIpc) is 2.96. The number of nitrogen functional groups attached to an aromatic ring is 1. The van der Waals surface area contributed by atoms with Crippen LogP contribution in [0.5, 0.6) is 0 Å². The number of likely N-dealkylation sites (tertiary alicyclic amines) is 1. The van der Waals surface area contributed by atoms with Crippen molar-refractivity contribution in [2.45, 2.75) is 19.4 Å². The van der Waals surface area contributed by atoms with Gasteiger partial charge >= 0.3 is 0 Å². The van der Waals surface area contributed by atoms with Crippen LogP contribution in [0.15, 0.2) is 6.20 Å². The minimum absolute atomic E-state index is 0.0491. The Morgan fingerprint density at radius 2 is 2.00 bits per heavy atom. The van der Waals surface area contributed by atoms with Crippen molar-refractivity contribution in [1.82, 2.24) is 24.6 Å². The van der Waals surface area contributed by atoms with Gasteiger partial charge in [-0.2, -0.15) is 5.10 Å². The second kappa shape index (κ2) is 4.53. The first-order valence-corrected chi connectivity index (χ1v) is 6.08. The molecule has 20 heavy (non-hydrogen) atoms. The Bertz CT molecular complexity index is 692. The molecule has 0 aliphatic carbocycles. The fourth-order valence-electron chi connectivity index (χ4n) is 2.19. The van der Waals surface area contributed by atoms with Crippen molar-refractivity contribution in [1.29, 1.82) is 0 Å². The van der Waals surface area contributed by atoms with Crippen molar-refractivity contribution in [2.75, 3.05) is 5.43 Å². The van der Waals surface area contributed by atoms with E-state index >= 15 is 0 Å². The first-order valence-electron chi connectivity index (χ1n) is 6.08. The molecule has 0 spiro atoms. The van der Waals surface area contributed by atoms with Gasteiger partial charge in [0.1, 0.15) is 0 Å². The van der Waals surface area contributed by atoms with E-state index in [2.05, 4.69) is 20.5 Å². The molecule has 0 radical (unpaired) electrons. The summed E-state index contributed by atoms with van der Waals surface area (Å²) in [6, 6.07) is 0. The van der Waals surface area contributed by atoms with Crippen LogP contribution in [-0.2, 0) is 23.2 Å². The summed E-state index contributed by atoms with van der Waals surface area (Å²) >= 11 is 0. The molecule has 1 aliphatic heterocycles. The van der Waals surface area contributed by atoms with Crippen LogP contribution < -0.4 is 11.3 Å². The summed E-state index contributed by atoms with van der Waals surface area (Å²) in [5, 5.41) is 4.76. The normalized spacial score (nSPS) is 15.4. The minimum atomic E-state index is -0.203. The van der Waals surface area contributed by atoms with Crippen molar-refractivity contribution in [2.24, 2.45) is 12.9 Å². The zero-order valence-electron chi connectivity index (χ0n) is 10.8. The molecule has 0 bridgehead atoms. The van der Waals surface area contributed by atoms with Crippen LogP contribution in [0.1, 0.15) is 18.7 Å². The highest BCUT2D eigenvalue weighted by Gasteiger charge is 2.29. The molecular formula is C11H13N7O2. The van der Waals surface area contributed by atoms with Gasteiger partial charge in [-0.25, -0.2) is 15.8 Å². The number of fused-ring (bicyclic) bond motifs is 1. The number of rotatable bonds is 3. The molecule has 3 N–H and O–H groups in total. The average molecular weight is 275 g/mol. The summed E-state index contributed by atoms with van der Waals surface area (Å²) in [5.74, 6) is 5.79. The van der Waals surface area contributed by atoms with E-state index in [0.29, 0.717) is 22.7 Å². The fourth-order valence-corrected chi connectivity index (χ4v) is 2.19. The molecule has 3 heterocycles. The topological polar surface area (TPSA) is 119 Å². The van der Waals surface area contributed by atoms with E-state index in [1.807, 2.05) is 0 Å². The number of carbonyl (C=O) groups excluding carboxylic acids is 2. The zero-order valence-corrected chi connectivity index (χ0v) is 10.8. The van der Waals surface area contributed by atoms with Crippen LogP contribution in [0.3, 0.4) is 0 Å². The highest BCUT2D eigenvalue weighted by atomic mass is 16.2. The highest BCUT2D eigenvalue weighted by Crippen LogP contribution is 2.20. The molecule has 104 valence electrons. The van der Waals surface area contributed by atoms with Crippen LogP contribution in [-0.4, -0.2) is 36.5 Å². The first-order chi connectivity index (χ1) is 9.60. The number of amides is 2. The van der Waals surface area contributed by atoms with Crippen LogP contribution in [0.25, 0.3) is 11.0 Å². The second-order valence-corrected chi connectivity index (χ2v) is 4.51. The maximum atomic E-state index is 11.6. The van der Waals surface area contributed by atoms with E-state index in [-0.39, 0.29) is 31.2 Å². The lowest BCUT2D eigenvalue weighted by Gasteiger charge is -2.13. The molecule has 0 atom stereocenters. The van der Waals surface area contributed by atoms with Gasteiger partial charge in [0.2, 0.25) is 11.8 Å². The molecule has 2 amide bonds. The number of hydrazine groups is 1. The monoisotopic (exact) mass is 275 g/mol. The number of imide groups is 1. The Kier molecular flexibility index (Phi) is 2.83. The molecule has 0 unspecified atom stereocenters. The standard InChI is InChI=1S/C11H13N7O2/c1-17-11-6(4-13-17)10(16-12)14-7(15-11)5-18-8(19)2-3-9(18)20/h4H,2-3,5,12H2,1H3,(H,14,15,16). The summed E-state index contributed by atoms with van der Waals surface area (Å²) in [6.07, 6.45) is 2.09. The Morgan fingerprint density at radius 3 is 2.65 bits per heavy atom. The van der Waals surface area contributed by atoms with E-state index in [1.54, 1.807) is 17.9 Å². The molecule has 3 rings (SSSR count). The maximum Gasteiger partial charge on any atom is 0.230 e. The summed E-state index contributed by atoms with van der Waals surface area (Å²) in [7, 11) is 1.74. The SMILES string of the molecule is Cn1ncc2c(NN)nc(CN3C(=O)CCC3=O)nc21. The highest BCUT2D eigenvalue weighted by molar-refractivity contribution is 6.01. The number of hydrogen-bond acceptors (Lipinski definition) is 7. The van der Waals surface area contributed by atoms with Gasteiger partial charge in [-0.1, -0.05) is 0 Å². The van der Waals surface area contributed by atoms with Gasteiger partial charge in [0.15, 0.2) is 17.3 Å². The van der Waals surface area contributed by atoms with E-state index in [1.165, 1.54) is 0 Å². The predicted molar refractivity (Wildman–Crippen MR) is 68.9 cm³/mol. The number of nitrogens with two attached hydrogens (primary N) is 1. The molecule has 2 aromatic rings. The van der Waals surface area contributed by atoms with Gasteiger partial charge in [-0.05, 0) is 0 Å². The van der Waals surface area contributed by atoms with Crippen LogP contribution in [0, 0.1) is 0 Å². The lowest BCUT2D eigenvalue weighted by molar-refractivity contribution is -0.139. The van der Waals surface area contributed by atoms with Gasteiger partial charge in [-0.3, -0.25) is 19.2 Å². The summed E-state index contributed by atoms with van der Waals surface area (Å²) in [5.41, 5.74) is 3.06. The number of aromatic nitrogens is 4. The molecule has 1 saturated heterocycles. The third-order valence-electron chi connectivity index (χ3n) is 3.23. The maximum absolute atomic E-state index is 11.6. The summed E-state index contributed by atoms with van der Waals surface area (Å²) in [6.45, 7) is 0.0491.